The number of hydrogen-bond donors (Lipinski definition) is 2. The quantitative estimate of drug-likeness (QED) is 0.832. The molecule has 1 fully saturated rings. The van der Waals surface area contributed by atoms with Crippen LogP contribution in [0.1, 0.15) is 23.2 Å². The number of amides is 1. The average molecular weight is 377 g/mol. The first-order valence-corrected chi connectivity index (χ1v) is 9.16. The molecule has 2 N–H and O–H groups in total. The second kappa shape index (κ2) is 6.33. The average Bonchev–Trinajstić information content (AvgIpc) is 2.41. The van der Waals surface area contributed by atoms with Crippen molar-refractivity contribution in [1.82, 2.24) is 9.62 Å². The van der Waals surface area contributed by atoms with Gasteiger partial charge in [0.05, 0.1) is 11.8 Å². The van der Waals surface area contributed by atoms with Crippen LogP contribution in [0.5, 0.6) is 5.75 Å². The molecular formula is C13H17BrN2O4S. The number of sulfonamides is 1. The number of phenols is 1. The zero-order chi connectivity index (χ0) is 15.6. The minimum Gasteiger partial charge on any atom is -0.507 e. The maximum absolute atomic E-state index is 12.2. The molecule has 1 atom stereocenters. The number of piperidine rings is 1. The fourth-order valence-electron chi connectivity index (χ4n) is 2.31. The second-order valence-corrected chi connectivity index (χ2v) is 7.99. The van der Waals surface area contributed by atoms with E-state index in [1.807, 2.05) is 0 Å². The fourth-order valence-corrected chi connectivity index (χ4v) is 3.59. The summed E-state index contributed by atoms with van der Waals surface area (Å²) in [5.74, 6) is -0.513. The van der Waals surface area contributed by atoms with Gasteiger partial charge in [-0.05, 0) is 31.0 Å². The van der Waals surface area contributed by atoms with Crippen molar-refractivity contribution in [3.8, 4) is 5.75 Å². The van der Waals surface area contributed by atoms with Gasteiger partial charge in [0.1, 0.15) is 5.75 Å². The van der Waals surface area contributed by atoms with Gasteiger partial charge in [0.2, 0.25) is 10.0 Å². The maximum atomic E-state index is 12.2. The Kier molecular flexibility index (Phi) is 4.90. The van der Waals surface area contributed by atoms with Gasteiger partial charge in [0.25, 0.3) is 5.91 Å². The van der Waals surface area contributed by atoms with Crippen LogP contribution >= 0.6 is 15.9 Å². The van der Waals surface area contributed by atoms with Crippen molar-refractivity contribution in [1.29, 1.82) is 0 Å². The van der Waals surface area contributed by atoms with Crippen molar-refractivity contribution >= 4 is 31.9 Å². The van der Waals surface area contributed by atoms with Gasteiger partial charge in [-0.3, -0.25) is 4.79 Å². The Bertz CT molecular complexity index is 648. The molecule has 0 saturated carbocycles. The van der Waals surface area contributed by atoms with E-state index in [1.165, 1.54) is 16.4 Å². The van der Waals surface area contributed by atoms with Gasteiger partial charge in [-0.15, -0.1) is 0 Å². The molecule has 8 heteroatoms. The van der Waals surface area contributed by atoms with Gasteiger partial charge < -0.3 is 10.4 Å². The lowest BCUT2D eigenvalue weighted by atomic mass is 10.1. The topological polar surface area (TPSA) is 86.7 Å². The zero-order valence-electron chi connectivity index (χ0n) is 11.5. The summed E-state index contributed by atoms with van der Waals surface area (Å²) in [6, 6.07) is 4.35. The van der Waals surface area contributed by atoms with Crippen LogP contribution in [0.4, 0.5) is 0 Å². The van der Waals surface area contributed by atoms with E-state index < -0.39 is 15.9 Å². The molecule has 6 nitrogen and oxygen atoms in total. The fraction of sp³-hybridized carbons (Fsp3) is 0.462. The number of benzene rings is 1. The van der Waals surface area contributed by atoms with Crippen molar-refractivity contribution in [3.05, 3.63) is 28.2 Å². The standard InChI is InChI=1S/C13H17BrN2O4S/c1-21(19,20)16-6-2-3-10(8-16)15-13(18)11-7-9(14)4-5-12(11)17/h4-5,7,10,17H,2-3,6,8H2,1H3,(H,15,18). The van der Waals surface area contributed by atoms with E-state index in [-0.39, 0.29) is 23.9 Å². The maximum Gasteiger partial charge on any atom is 0.255 e. The highest BCUT2D eigenvalue weighted by molar-refractivity contribution is 9.10. The van der Waals surface area contributed by atoms with E-state index >= 15 is 0 Å². The summed E-state index contributed by atoms with van der Waals surface area (Å²) in [6.45, 7) is 0.743. The van der Waals surface area contributed by atoms with Gasteiger partial charge in [0, 0.05) is 23.6 Å². The molecular weight excluding hydrogens is 360 g/mol. The highest BCUT2D eigenvalue weighted by atomic mass is 79.9. The summed E-state index contributed by atoms with van der Waals surface area (Å²) in [6.07, 6.45) is 2.58. The van der Waals surface area contributed by atoms with Crippen molar-refractivity contribution in [2.24, 2.45) is 0 Å². The Balaban J connectivity index is 2.07. The van der Waals surface area contributed by atoms with E-state index in [0.29, 0.717) is 23.9 Å². The van der Waals surface area contributed by atoms with Crippen LogP contribution in [0, 0.1) is 0 Å². The molecule has 1 unspecified atom stereocenters. The molecule has 0 radical (unpaired) electrons. The lowest BCUT2D eigenvalue weighted by Crippen LogP contribution is -2.49. The summed E-state index contributed by atoms with van der Waals surface area (Å²) in [7, 11) is -3.25. The molecule has 1 aromatic carbocycles. The van der Waals surface area contributed by atoms with Crippen LogP contribution in [0.2, 0.25) is 0 Å². The number of hydrogen-bond acceptors (Lipinski definition) is 4. The molecule has 1 saturated heterocycles. The molecule has 2 rings (SSSR count). The minimum atomic E-state index is -3.25. The third-order valence-electron chi connectivity index (χ3n) is 3.39. The van der Waals surface area contributed by atoms with Gasteiger partial charge in [-0.2, -0.15) is 0 Å². The van der Waals surface area contributed by atoms with E-state index in [9.17, 15) is 18.3 Å². The van der Waals surface area contributed by atoms with Gasteiger partial charge in [-0.25, -0.2) is 12.7 Å². The zero-order valence-corrected chi connectivity index (χ0v) is 13.9. The molecule has 1 heterocycles. The van der Waals surface area contributed by atoms with Crippen LogP contribution < -0.4 is 5.32 Å². The first-order chi connectivity index (χ1) is 9.77. The van der Waals surface area contributed by atoms with Crippen LogP contribution in [0.25, 0.3) is 0 Å². The number of nitrogens with zero attached hydrogens (tertiary/aromatic N) is 1. The number of halogens is 1. The van der Waals surface area contributed by atoms with E-state index in [0.717, 1.165) is 6.26 Å². The van der Waals surface area contributed by atoms with Crippen LogP contribution in [0.3, 0.4) is 0 Å². The Hall–Kier alpha value is -1.12. The Morgan fingerprint density at radius 2 is 2.19 bits per heavy atom. The highest BCUT2D eigenvalue weighted by Crippen LogP contribution is 2.22. The largest absolute Gasteiger partial charge is 0.507 e. The van der Waals surface area contributed by atoms with E-state index in [4.69, 9.17) is 0 Å². The monoisotopic (exact) mass is 376 g/mol. The summed E-state index contributed by atoms with van der Waals surface area (Å²) >= 11 is 3.25. The van der Waals surface area contributed by atoms with Crippen molar-refractivity contribution in [2.75, 3.05) is 19.3 Å². The molecule has 116 valence electrons. The number of rotatable bonds is 3. The Morgan fingerprint density at radius 1 is 1.48 bits per heavy atom. The number of phenolic OH excluding ortho intramolecular Hbond substituents is 1. The summed E-state index contributed by atoms with van der Waals surface area (Å²) in [5.41, 5.74) is 0.167. The molecule has 1 aliphatic heterocycles. The molecule has 21 heavy (non-hydrogen) atoms. The predicted molar refractivity (Wildman–Crippen MR) is 82.7 cm³/mol. The van der Waals surface area contributed by atoms with Crippen molar-refractivity contribution in [2.45, 2.75) is 18.9 Å². The highest BCUT2D eigenvalue weighted by Gasteiger charge is 2.27. The second-order valence-electron chi connectivity index (χ2n) is 5.10. The molecule has 1 amide bonds. The van der Waals surface area contributed by atoms with E-state index in [1.54, 1.807) is 6.07 Å². The van der Waals surface area contributed by atoms with Crippen molar-refractivity contribution < 1.29 is 18.3 Å². The third kappa shape index (κ3) is 4.18. The molecule has 1 aromatic rings. The predicted octanol–water partition coefficient (Wildman–Crippen LogP) is 1.31. The first kappa shape index (κ1) is 16.3. The smallest absolute Gasteiger partial charge is 0.255 e. The molecule has 0 aliphatic carbocycles. The lowest BCUT2D eigenvalue weighted by molar-refractivity contribution is 0.0918. The van der Waals surface area contributed by atoms with Crippen molar-refractivity contribution in [3.63, 3.8) is 0 Å². The first-order valence-electron chi connectivity index (χ1n) is 6.52. The Morgan fingerprint density at radius 3 is 2.86 bits per heavy atom. The van der Waals surface area contributed by atoms with Crippen LogP contribution in [-0.4, -0.2) is 49.1 Å². The number of aromatic hydroxyl groups is 1. The summed E-state index contributed by atoms with van der Waals surface area (Å²) < 4.78 is 25.2. The number of carbonyl (C=O) groups excluding carboxylic acids is 1. The minimum absolute atomic E-state index is 0.105. The molecule has 0 aromatic heterocycles. The van der Waals surface area contributed by atoms with Gasteiger partial charge in [0.15, 0.2) is 0 Å². The summed E-state index contributed by atoms with van der Waals surface area (Å²) in [5, 5.41) is 12.5. The molecule has 1 aliphatic rings. The van der Waals surface area contributed by atoms with Crippen LogP contribution in [0.15, 0.2) is 22.7 Å². The number of carbonyl (C=O) groups is 1. The van der Waals surface area contributed by atoms with E-state index in [2.05, 4.69) is 21.2 Å². The van der Waals surface area contributed by atoms with Crippen LogP contribution in [-0.2, 0) is 10.0 Å². The number of nitrogens with one attached hydrogen (secondary N) is 1. The molecule has 0 bridgehead atoms. The summed E-state index contributed by atoms with van der Waals surface area (Å²) in [4.78, 5) is 12.2. The lowest BCUT2D eigenvalue weighted by Gasteiger charge is -2.31. The normalized spacial score (nSPS) is 20.2. The Labute approximate surface area is 132 Å². The van der Waals surface area contributed by atoms with Gasteiger partial charge in [-0.1, -0.05) is 15.9 Å². The molecule has 0 spiro atoms. The van der Waals surface area contributed by atoms with Gasteiger partial charge >= 0.3 is 0 Å². The third-order valence-corrected chi connectivity index (χ3v) is 5.15. The SMILES string of the molecule is CS(=O)(=O)N1CCCC(NC(=O)c2cc(Br)ccc2O)C1.